The third-order valence-electron chi connectivity index (χ3n) is 4.91. The van der Waals surface area contributed by atoms with Crippen LogP contribution in [0.2, 0.25) is 0 Å². The molecule has 0 fully saturated rings. The van der Waals surface area contributed by atoms with Crippen molar-refractivity contribution in [2.45, 2.75) is 72.4 Å². The Kier molecular flexibility index (Phi) is 4.88. The molecule has 1 aromatic rings. The summed E-state index contributed by atoms with van der Waals surface area (Å²) in [6.07, 6.45) is 4.81. The van der Waals surface area contributed by atoms with E-state index in [0.717, 1.165) is 24.1 Å². The Morgan fingerprint density at radius 3 is 2.39 bits per heavy atom. The van der Waals surface area contributed by atoms with E-state index in [9.17, 15) is 9.90 Å². The average Bonchev–Trinajstić information content (AvgIpc) is 2.43. The van der Waals surface area contributed by atoms with Crippen LogP contribution in [0.25, 0.3) is 5.57 Å². The lowest BCUT2D eigenvalue weighted by atomic mass is 9.85. The summed E-state index contributed by atoms with van der Waals surface area (Å²) in [5.74, 6) is -0.733. The van der Waals surface area contributed by atoms with E-state index in [-0.39, 0.29) is 5.54 Å². The SMILES string of the molecule is CCCC[C@@H](C(=O)O)N1c2cc(C)c(C)cc2C(C)=CC1(C)C. The lowest BCUT2D eigenvalue weighted by Gasteiger charge is -2.46. The van der Waals surface area contributed by atoms with Crippen LogP contribution in [-0.4, -0.2) is 22.7 Å². The minimum absolute atomic E-state index is 0.310. The molecule has 2 rings (SSSR count). The van der Waals surface area contributed by atoms with Gasteiger partial charge in [0.15, 0.2) is 0 Å². The van der Waals surface area contributed by atoms with Crippen molar-refractivity contribution in [3.63, 3.8) is 0 Å². The van der Waals surface area contributed by atoms with Crippen LogP contribution in [0.4, 0.5) is 5.69 Å². The van der Waals surface area contributed by atoms with Gasteiger partial charge in [0, 0.05) is 11.3 Å². The van der Waals surface area contributed by atoms with Crippen molar-refractivity contribution in [1.82, 2.24) is 0 Å². The molecule has 0 saturated carbocycles. The molecule has 1 aromatic carbocycles. The highest BCUT2D eigenvalue weighted by Gasteiger charge is 2.39. The number of anilines is 1. The number of unbranched alkanes of at least 4 members (excludes halogenated alkanes) is 1. The molecule has 3 nitrogen and oxygen atoms in total. The molecule has 0 amide bonds. The van der Waals surface area contributed by atoms with Gasteiger partial charge in [0.2, 0.25) is 0 Å². The summed E-state index contributed by atoms with van der Waals surface area (Å²) in [6.45, 7) is 12.6. The fraction of sp³-hybridized carbons (Fsp3) is 0.550. The van der Waals surface area contributed by atoms with Gasteiger partial charge in [-0.1, -0.05) is 25.8 Å². The number of carboxylic acid groups (broad SMARTS) is 1. The highest BCUT2D eigenvalue weighted by molar-refractivity contribution is 5.87. The topological polar surface area (TPSA) is 40.5 Å². The van der Waals surface area contributed by atoms with Crippen molar-refractivity contribution in [3.05, 3.63) is 34.9 Å². The molecule has 1 aliphatic heterocycles. The summed E-state index contributed by atoms with van der Waals surface area (Å²) >= 11 is 0. The van der Waals surface area contributed by atoms with Crippen molar-refractivity contribution in [2.75, 3.05) is 4.90 Å². The maximum Gasteiger partial charge on any atom is 0.326 e. The molecule has 126 valence electrons. The van der Waals surface area contributed by atoms with Gasteiger partial charge < -0.3 is 10.0 Å². The summed E-state index contributed by atoms with van der Waals surface area (Å²) in [7, 11) is 0. The molecule has 1 aliphatic rings. The number of allylic oxidation sites excluding steroid dienone is 1. The van der Waals surface area contributed by atoms with Crippen LogP contribution < -0.4 is 4.90 Å². The first kappa shape index (κ1) is 17.6. The number of aryl methyl sites for hydroxylation is 2. The maximum atomic E-state index is 12.0. The van der Waals surface area contributed by atoms with Crippen LogP contribution in [0.15, 0.2) is 18.2 Å². The lowest BCUT2D eigenvalue weighted by Crippen LogP contribution is -2.54. The average molecular weight is 315 g/mol. The number of rotatable bonds is 5. The lowest BCUT2D eigenvalue weighted by molar-refractivity contribution is -0.139. The molecule has 0 saturated heterocycles. The largest absolute Gasteiger partial charge is 0.480 e. The number of hydrogen-bond donors (Lipinski definition) is 1. The second-order valence-electron chi connectivity index (χ2n) is 7.30. The predicted octanol–water partition coefficient (Wildman–Crippen LogP) is 4.95. The number of hydrogen-bond acceptors (Lipinski definition) is 2. The molecule has 0 aromatic heterocycles. The van der Waals surface area contributed by atoms with Gasteiger partial charge in [-0.05, 0) is 69.9 Å². The van der Waals surface area contributed by atoms with Crippen LogP contribution in [-0.2, 0) is 4.79 Å². The van der Waals surface area contributed by atoms with Crippen molar-refractivity contribution >= 4 is 17.2 Å². The summed E-state index contributed by atoms with van der Waals surface area (Å²) in [5.41, 5.74) is 5.59. The highest BCUT2D eigenvalue weighted by atomic mass is 16.4. The number of fused-ring (bicyclic) bond motifs is 1. The zero-order valence-corrected chi connectivity index (χ0v) is 15.2. The molecule has 3 heteroatoms. The van der Waals surface area contributed by atoms with Crippen LogP contribution >= 0.6 is 0 Å². The van der Waals surface area contributed by atoms with Gasteiger partial charge in [0.05, 0.1) is 5.54 Å². The van der Waals surface area contributed by atoms with Crippen LogP contribution in [0.3, 0.4) is 0 Å². The van der Waals surface area contributed by atoms with Crippen LogP contribution in [0.1, 0.15) is 63.6 Å². The minimum atomic E-state index is -0.733. The maximum absolute atomic E-state index is 12.0. The third kappa shape index (κ3) is 3.29. The molecule has 0 radical (unpaired) electrons. The fourth-order valence-corrected chi connectivity index (χ4v) is 3.63. The number of carboxylic acids is 1. The monoisotopic (exact) mass is 315 g/mol. The summed E-state index contributed by atoms with van der Waals surface area (Å²) in [5, 5.41) is 9.84. The van der Waals surface area contributed by atoms with E-state index in [0.29, 0.717) is 6.42 Å². The standard InChI is InChI=1S/C20H29NO2/c1-7-8-9-17(19(22)23)21-18-11-14(3)13(2)10-16(18)15(4)12-20(21,5)6/h10-12,17H,7-9H2,1-6H3,(H,22,23)/t17-/m0/s1. The molecule has 1 N–H and O–H groups in total. The second-order valence-corrected chi connectivity index (χ2v) is 7.30. The zero-order chi connectivity index (χ0) is 17.4. The first-order valence-electron chi connectivity index (χ1n) is 8.52. The quantitative estimate of drug-likeness (QED) is 0.836. The predicted molar refractivity (Wildman–Crippen MR) is 97.1 cm³/mol. The van der Waals surface area contributed by atoms with E-state index in [1.807, 2.05) is 0 Å². The van der Waals surface area contributed by atoms with Gasteiger partial charge >= 0.3 is 5.97 Å². The molecule has 0 unspecified atom stereocenters. The molecular weight excluding hydrogens is 286 g/mol. The molecule has 1 heterocycles. The number of benzene rings is 1. The highest BCUT2D eigenvalue weighted by Crippen LogP contribution is 2.42. The Balaban J connectivity index is 2.62. The van der Waals surface area contributed by atoms with E-state index >= 15 is 0 Å². The summed E-state index contributed by atoms with van der Waals surface area (Å²) in [6, 6.07) is 3.86. The van der Waals surface area contributed by atoms with Crippen LogP contribution in [0, 0.1) is 13.8 Å². The van der Waals surface area contributed by atoms with E-state index in [4.69, 9.17) is 0 Å². The first-order valence-corrected chi connectivity index (χ1v) is 8.52. The Hall–Kier alpha value is -1.77. The van der Waals surface area contributed by atoms with E-state index < -0.39 is 12.0 Å². The van der Waals surface area contributed by atoms with Gasteiger partial charge in [0.1, 0.15) is 6.04 Å². The molecule has 0 aliphatic carbocycles. The number of carbonyl (C=O) groups is 1. The number of aliphatic carboxylic acids is 1. The molecule has 0 bridgehead atoms. The summed E-state index contributed by atoms with van der Waals surface area (Å²) in [4.78, 5) is 14.1. The minimum Gasteiger partial charge on any atom is -0.480 e. The molecule has 23 heavy (non-hydrogen) atoms. The van der Waals surface area contributed by atoms with Crippen LogP contribution in [0.5, 0.6) is 0 Å². The first-order chi connectivity index (χ1) is 10.7. The van der Waals surface area contributed by atoms with E-state index in [1.165, 1.54) is 16.7 Å². The Morgan fingerprint density at radius 2 is 1.83 bits per heavy atom. The van der Waals surface area contributed by atoms with Crippen molar-refractivity contribution in [3.8, 4) is 0 Å². The van der Waals surface area contributed by atoms with Gasteiger partial charge in [-0.2, -0.15) is 0 Å². The van der Waals surface area contributed by atoms with E-state index in [1.54, 1.807) is 0 Å². The third-order valence-corrected chi connectivity index (χ3v) is 4.91. The molecular formula is C20H29NO2. The van der Waals surface area contributed by atoms with Crippen molar-refractivity contribution in [2.24, 2.45) is 0 Å². The number of nitrogens with zero attached hydrogens (tertiary/aromatic N) is 1. The molecule has 0 spiro atoms. The van der Waals surface area contributed by atoms with Gasteiger partial charge in [-0.15, -0.1) is 0 Å². The second kappa shape index (κ2) is 6.38. The Bertz CT molecular complexity index is 643. The van der Waals surface area contributed by atoms with Gasteiger partial charge in [-0.25, -0.2) is 4.79 Å². The normalized spacial score (nSPS) is 17.5. The summed E-state index contributed by atoms with van der Waals surface area (Å²) < 4.78 is 0. The van der Waals surface area contributed by atoms with Gasteiger partial charge in [0.25, 0.3) is 0 Å². The van der Waals surface area contributed by atoms with E-state index in [2.05, 4.69) is 64.7 Å². The zero-order valence-electron chi connectivity index (χ0n) is 15.2. The molecule has 1 atom stereocenters. The van der Waals surface area contributed by atoms with Gasteiger partial charge in [-0.3, -0.25) is 0 Å². The fourth-order valence-electron chi connectivity index (χ4n) is 3.63. The Morgan fingerprint density at radius 1 is 1.22 bits per heavy atom. The Labute approximate surface area is 140 Å². The van der Waals surface area contributed by atoms with Crippen molar-refractivity contribution in [1.29, 1.82) is 0 Å². The smallest absolute Gasteiger partial charge is 0.326 e. The van der Waals surface area contributed by atoms with Crippen molar-refractivity contribution < 1.29 is 9.90 Å².